The van der Waals surface area contributed by atoms with E-state index in [-0.39, 0.29) is 23.7 Å². The van der Waals surface area contributed by atoms with Crippen molar-refractivity contribution in [3.63, 3.8) is 0 Å². The molecule has 2 aromatic rings. The van der Waals surface area contributed by atoms with E-state index in [4.69, 9.17) is 0 Å². The van der Waals surface area contributed by atoms with Crippen LogP contribution in [0.1, 0.15) is 37.8 Å². The van der Waals surface area contributed by atoms with Gasteiger partial charge in [0.25, 0.3) is 0 Å². The Morgan fingerprint density at radius 3 is 2.65 bits per heavy atom. The molecular weight excluding hydrogens is 394 g/mol. The first-order chi connectivity index (χ1) is 12.5. The van der Waals surface area contributed by atoms with Gasteiger partial charge in [-0.15, -0.1) is 0 Å². The number of Topliss-reactive ketones (excluding diaryl/α,β-unsaturated/α-hetero) is 1. The summed E-state index contributed by atoms with van der Waals surface area (Å²) in [5.74, 6) is 1.13. The summed E-state index contributed by atoms with van der Waals surface area (Å²) >= 11 is 3.48. The number of nitrogens with one attached hydrogen (secondary N) is 1. The second-order valence-electron chi connectivity index (χ2n) is 7.45. The van der Waals surface area contributed by atoms with Crippen molar-refractivity contribution in [3.05, 3.63) is 40.5 Å². The minimum Gasteiger partial charge on any atom is -0.310 e. The summed E-state index contributed by atoms with van der Waals surface area (Å²) in [6.45, 7) is 1.91. The molecule has 2 unspecified atom stereocenters. The zero-order valence-electron chi connectivity index (χ0n) is 14.7. The first-order valence-electron chi connectivity index (χ1n) is 9.18. The highest BCUT2D eigenvalue weighted by molar-refractivity contribution is 9.10. The van der Waals surface area contributed by atoms with Gasteiger partial charge in [0.2, 0.25) is 5.91 Å². The van der Waals surface area contributed by atoms with Crippen LogP contribution in [0, 0.1) is 24.7 Å². The van der Waals surface area contributed by atoms with Crippen LogP contribution in [0.2, 0.25) is 0 Å². The summed E-state index contributed by atoms with van der Waals surface area (Å²) in [6.07, 6.45) is 4.36. The highest BCUT2D eigenvalue weighted by Gasteiger charge is 2.41. The molecule has 2 fully saturated rings. The lowest BCUT2D eigenvalue weighted by Gasteiger charge is -2.36. The maximum atomic E-state index is 12.9. The SMILES string of the molecule is Cc1cc(NC(=O)C2CC3CCCC(C2)C3=O)n(-c2cccc(Br)c2)n1. The summed E-state index contributed by atoms with van der Waals surface area (Å²) in [5, 5.41) is 7.57. The van der Waals surface area contributed by atoms with E-state index in [1.54, 1.807) is 4.68 Å². The number of fused-ring (bicyclic) bond motifs is 2. The summed E-state index contributed by atoms with van der Waals surface area (Å²) < 4.78 is 2.71. The highest BCUT2D eigenvalue weighted by atomic mass is 79.9. The van der Waals surface area contributed by atoms with Gasteiger partial charge in [-0.25, -0.2) is 4.68 Å². The smallest absolute Gasteiger partial charge is 0.228 e. The molecular formula is C20H22BrN3O2. The lowest BCUT2D eigenvalue weighted by molar-refractivity contribution is -0.136. The van der Waals surface area contributed by atoms with Crippen LogP contribution < -0.4 is 5.32 Å². The molecule has 26 heavy (non-hydrogen) atoms. The molecule has 2 atom stereocenters. The molecule has 2 bridgehead atoms. The van der Waals surface area contributed by atoms with Crippen LogP contribution in [0.25, 0.3) is 5.69 Å². The van der Waals surface area contributed by atoms with E-state index in [9.17, 15) is 9.59 Å². The Morgan fingerprint density at radius 2 is 1.96 bits per heavy atom. The van der Waals surface area contributed by atoms with E-state index in [2.05, 4.69) is 26.3 Å². The van der Waals surface area contributed by atoms with Crippen LogP contribution in [0.3, 0.4) is 0 Å². The molecule has 2 aliphatic carbocycles. The number of hydrogen-bond donors (Lipinski definition) is 1. The number of carbonyl (C=O) groups excluding carboxylic acids is 2. The minimum absolute atomic E-state index is 0.00514. The average molecular weight is 416 g/mol. The number of anilines is 1. The first-order valence-corrected chi connectivity index (χ1v) is 9.98. The standard InChI is InChI=1S/C20H22BrN3O2/c1-12-8-18(24(23-12)17-7-3-6-16(21)11-17)22-20(26)15-9-13-4-2-5-14(10-15)19(13)25/h3,6-8,11,13-15H,2,4-5,9-10H2,1H3,(H,22,26). The van der Waals surface area contributed by atoms with E-state index in [1.807, 2.05) is 37.3 Å². The van der Waals surface area contributed by atoms with Gasteiger partial charge < -0.3 is 5.32 Å². The number of aromatic nitrogens is 2. The van der Waals surface area contributed by atoms with Crippen molar-refractivity contribution in [2.75, 3.05) is 5.32 Å². The topological polar surface area (TPSA) is 64.0 Å². The zero-order valence-corrected chi connectivity index (χ0v) is 16.3. The molecule has 5 nitrogen and oxygen atoms in total. The van der Waals surface area contributed by atoms with Crippen molar-refractivity contribution in [3.8, 4) is 5.69 Å². The molecule has 0 radical (unpaired) electrons. The maximum absolute atomic E-state index is 12.9. The highest BCUT2D eigenvalue weighted by Crippen LogP contribution is 2.40. The van der Waals surface area contributed by atoms with Crippen molar-refractivity contribution in [2.24, 2.45) is 17.8 Å². The van der Waals surface area contributed by atoms with Gasteiger partial charge in [-0.2, -0.15) is 5.10 Å². The van der Waals surface area contributed by atoms with E-state index >= 15 is 0 Å². The van der Waals surface area contributed by atoms with Crippen LogP contribution in [0.5, 0.6) is 0 Å². The second kappa shape index (κ2) is 6.99. The maximum Gasteiger partial charge on any atom is 0.228 e. The minimum atomic E-state index is -0.0887. The van der Waals surface area contributed by atoms with Gasteiger partial charge in [0.1, 0.15) is 11.6 Å². The first kappa shape index (κ1) is 17.5. The fraction of sp³-hybridized carbons (Fsp3) is 0.450. The number of halogens is 1. The Morgan fingerprint density at radius 1 is 1.23 bits per heavy atom. The Labute approximate surface area is 161 Å². The van der Waals surface area contributed by atoms with Gasteiger partial charge in [-0.1, -0.05) is 28.4 Å². The van der Waals surface area contributed by atoms with E-state index < -0.39 is 0 Å². The quantitative estimate of drug-likeness (QED) is 0.813. The van der Waals surface area contributed by atoms with Crippen molar-refractivity contribution >= 4 is 33.4 Å². The lowest BCUT2D eigenvalue weighted by Crippen LogP contribution is -2.40. The number of nitrogens with zero attached hydrogens (tertiary/aromatic N) is 2. The normalized spacial score (nSPS) is 25.2. The van der Waals surface area contributed by atoms with Crippen molar-refractivity contribution in [1.82, 2.24) is 9.78 Å². The summed E-state index contributed by atoms with van der Waals surface area (Å²) in [7, 11) is 0. The third kappa shape index (κ3) is 3.34. The number of amides is 1. The van der Waals surface area contributed by atoms with Crippen LogP contribution >= 0.6 is 15.9 Å². The molecule has 1 N–H and O–H groups in total. The number of aryl methyl sites for hydroxylation is 1. The molecule has 1 amide bonds. The number of carbonyl (C=O) groups is 2. The van der Waals surface area contributed by atoms with Crippen LogP contribution in [0.4, 0.5) is 5.82 Å². The van der Waals surface area contributed by atoms with Gasteiger partial charge in [0, 0.05) is 28.3 Å². The van der Waals surface area contributed by atoms with Crippen molar-refractivity contribution in [2.45, 2.75) is 39.0 Å². The Kier molecular flexibility index (Phi) is 4.69. The Bertz CT molecular complexity index is 844. The predicted molar refractivity (Wildman–Crippen MR) is 103 cm³/mol. The molecule has 6 heteroatoms. The molecule has 2 aliphatic rings. The van der Waals surface area contributed by atoms with Gasteiger partial charge >= 0.3 is 0 Å². The van der Waals surface area contributed by atoms with Crippen LogP contribution in [0.15, 0.2) is 34.8 Å². The molecule has 136 valence electrons. The largest absolute Gasteiger partial charge is 0.310 e. The fourth-order valence-electron chi connectivity index (χ4n) is 4.32. The molecule has 1 aromatic heterocycles. The molecule has 0 spiro atoms. The van der Waals surface area contributed by atoms with E-state index in [0.717, 1.165) is 35.1 Å². The zero-order chi connectivity index (χ0) is 18.3. The van der Waals surface area contributed by atoms with Gasteiger partial charge in [-0.3, -0.25) is 9.59 Å². The van der Waals surface area contributed by atoms with Gasteiger partial charge in [-0.05, 0) is 50.8 Å². The van der Waals surface area contributed by atoms with Gasteiger partial charge in [0.15, 0.2) is 0 Å². The molecule has 4 rings (SSSR count). The number of hydrogen-bond acceptors (Lipinski definition) is 3. The Balaban J connectivity index is 1.54. The van der Waals surface area contributed by atoms with Crippen molar-refractivity contribution < 1.29 is 9.59 Å². The lowest BCUT2D eigenvalue weighted by atomic mass is 9.67. The third-order valence-electron chi connectivity index (χ3n) is 5.55. The second-order valence-corrected chi connectivity index (χ2v) is 8.36. The third-order valence-corrected chi connectivity index (χ3v) is 6.05. The molecule has 0 saturated heterocycles. The Hall–Kier alpha value is -1.95. The summed E-state index contributed by atoms with van der Waals surface area (Å²) in [5.41, 5.74) is 1.73. The van der Waals surface area contributed by atoms with Crippen LogP contribution in [-0.4, -0.2) is 21.5 Å². The average Bonchev–Trinajstić information content (AvgIpc) is 2.95. The molecule has 1 heterocycles. The predicted octanol–water partition coefficient (Wildman–Crippen LogP) is 4.28. The summed E-state index contributed by atoms with van der Waals surface area (Å²) in [4.78, 5) is 25.2. The number of rotatable bonds is 3. The summed E-state index contributed by atoms with van der Waals surface area (Å²) in [6, 6.07) is 9.70. The molecule has 1 aromatic carbocycles. The molecule has 2 saturated carbocycles. The van der Waals surface area contributed by atoms with E-state index in [1.165, 1.54) is 0 Å². The van der Waals surface area contributed by atoms with Crippen molar-refractivity contribution in [1.29, 1.82) is 0 Å². The van der Waals surface area contributed by atoms with Gasteiger partial charge in [0.05, 0.1) is 11.4 Å². The number of ketones is 1. The number of benzene rings is 1. The fourth-order valence-corrected chi connectivity index (χ4v) is 4.70. The van der Waals surface area contributed by atoms with E-state index in [0.29, 0.717) is 24.4 Å². The van der Waals surface area contributed by atoms with Crippen LogP contribution in [-0.2, 0) is 9.59 Å². The monoisotopic (exact) mass is 415 g/mol. The molecule has 0 aliphatic heterocycles.